The van der Waals surface area contributed by atoms with Gasteiger partial charge in [-0.2, -0.15) is 0 Å². The van der Waals surface area contributed by atoms with Crippen molar-refractivity contribution in [3.05, 3.63) is 23.8 Å². The van der Waals surface area contributed by atoms with Gasteiger partial charge in [-0.1, -0.05) is 0 Å². The smallest absolute Gasteiger partial charge is 0.338 e. The minimum atomic E-state index is -0.267. The summed E-state index contributed by atoms with van der Waals surface area (Å²) in [6, 6.07) is 5.48. The Morgan fingerprint density at radius 1 is 1.24 bits per heavy atom. The molecule has 0 radical (unpaired) electrons. The van der Waals surface area contributed by atoms with Crippen molar-refractivity contribution in [1.82, 2.24) is 0 Å². The van der Waals surface area contributed by atoms with Crippen LogP contribution in [0.15, 0.2) is 18.2 Å². The standard InChI is InChI=1S/C17H24N2O2/c1-2-21-17(20)14-7-8-15(18)16(9-14)19(10-12-3-4-12)11-13-5-6-13/h7-9,12-13H,2-6,10-11,18H2,1H3. The van der Waals surface area contributed by atoms with Crippen molar-refractivity contribution < 1.29 is 9.53 Å². The van der Waals surface area contributed by atoms with E-state index < -0.39 is 0 Å². The van der Waals surface area contributed by atoms with E-state index in [0.29, 0.717) is 12.2 Å². The highest BCUT2D eigenvalue weighted by Gasteiger charge is 2.30. The fraction of sp³-hybridized carbons (Fsp3) is 0.588. The molecule has 114 valence electrons. The summed E-state index contributed by atoms with van der Waals surface area (Å²) in [4.78, 5) is 14.3. The number of rotatable bonds is 7. The zero-order chi connectivity index (χ0) is 14.8. The number of esters is 1. The molecule has 0 heterocycles. The molecule has 0 aromatic heterocycles. The Morgan fingerprint density at radius 3 is 2.38 bits per heavy atom. The Bertz CT molecular complexity index is 508. The van der Waals surface area contributed by atoms with Crippen molar-refractivity contribution in [2.75, 3.05) is 30.3 Å². The van der Waals surface area contributed by atoms with Crippen LogP contribution < -0.4 is 10.6 Å². The molecule has 0 saturated heterocycles. The number of carbonyl (C=O) groups excluding carboxylic acids is 1. The molecule has 0 amide bonds. The maximum Gasteiger partial charge on any atom is 0.338 e. The van der Waals surface area contributed by atoms with E-state index in [0.717, 1.165) is 36.3 Å². The average Bonchev–Trinajstić information content (AvgIpc) is 3.34. The Kier molecular flexibility index (Phi) is 4.04. The van der Waals surface area contributed by atoms with Crippen LogP contribution in [-0.4, -0.2) is 25.7 Å². The summed E-state index contributed by atoms with van der Waals surface area (Å²) in [5.41, 5.74) is 8.51. The topological polar surface area (TPSA) is 55.6 Å². The van der Waals surface area contributed by atoms with Crippen molar-refractivity contribution in [3.63, 3.8) is 0 Å². The Hall–Kier alpha value is -1.71. The van der Waals surface area contributed by atoms with Crippen LogP contribution in [0.5, 0.6) is 0 Å². The maximum absolute atomic E-state index is 11.9. The van der Waals surface area contributed by atoms with Crippen LogP contribution in [0.3, 0.4) is 0 Å². The monoisotopic (exact) mass is 288 g/mol. The minimum absolute atomic E-state index is 0.267. The molecule has 0 atom stereocenters. The van der Waals surface area contributed by atoms with E-state index in [1.54, 1.807) is 6.07 Å². The number of anilines is 2. The van der Waals surface area contributed by atoms with Gasteiger partial charge in [-0.3, -0.25) is 0 Å². The molecule has 0 bridgehead atoms. The molecule has 2 saturated carbocycles. The van der Waals surface area contributed by atoms with Gasteiger partial charge in [0.2, 0.25) is 0 Å². The van der Waals surface area contributed by atoms with Crippen molar-refractivity contribution in [2.45, 2.75) is 32.6 Å². The summed E-state index contributed by atoms with van der Waals surface area (Å²) in [5, 5.41) is 0. The van der Waals surface area contributed by atoms with Crippen molar-refractivity contribution in [1.29, 1.82) is 0 Å². The highest BCUT2D eigenvalue weighted by molar-refractivity contribution is 5.92. The van der Waals surface area contributed by atoms with Gasteiger partial charge in [-0.05, 0) is 62.6 Å². The summed E-state index contributed by atoms with van der Waals surface area (Å²) in [5.74, 6) is 1.33. The molecule has 2 N–H and O–H groups in total. The van der Waals surface area contributed by atoms with Gasteiger partial charge < -0.3 is 15.4 Å². The van der Waals surface area contributed by atoms with Crippen LogP contribution in [0.4, 0.5) is 11.4 Å². The number of ether oxygens (including phenoxy) is 1. The molecular weight excluding hydrogens is 264 g/mol. The van der Waals surface area contributed by atoms with Crippen molar-refractivity contribution in [3.8, 4) is 0 Å². The Balaban J connectivity index is 1.81. The van der Waals surface area contributed by atoms with Crippen LogP contribution >= 0.6 is 0 Å². The zero-order valence-corrected chi connectivity index (χ0v) is 12.7. The number of nitrogens with two attached hydrogens (primary N) is 1. The number of nitrogen functional groups attached to an aromatic ring is 1. The average molecular weight is 288 g/mol. The van der Waals surface area contributed by atoms with E-state index in [9.17, 15) is 4.79 Å². The van der Waals surface area contributed by atoms with Crippen LogP contribution in [-0.2, 0) is 4.74 Å². The summed E-state index contributed by atoms with van der Waals surface area (Å²) < 4.78 is 5.09. The predicted molar refractivity (Wildman–Crippen MR) is 84.5 cm³/mol. The first-order chi connectivity index (χ1) is 10.2. The van der Waals surface area contributed by atoms with Gasteiger partial charge >= 0.3 is 5.97 Å². The second-order valence-electron chi connectivity index (χ2n) is 6.29. The molecule has 0 unspecified atom stereocenters. The third kappa shape index (κ3) is 3.69. The molecule has 3 rings (SSSR count). The van der Waals surface area contributed by atoms with Gasteiger partial charge in [0.05, 0.1) is 23.5 Å². The zero-order valence-electron chi connectivity index (χ0n) is 12.7. The van der Waals surface area contributed by atoms with Crippen LogP contribution in [0.2, 0.25) is 0 Å². The molecule has 21 heavy (non-hydrogen) atoms. The Morgan fingerprint density at radius 2 is 1.86 bits per heavy atom. The summed E-state index contributed by atoms with van der Waals surface area (Å²) in [6.45, 7) is 4.34. The minimum Gasteiger partial charge on any atom is -0.462 e. The second-order valence-corrected chi connectivity index (χ2v) is 6.29. The lowest BCUT2D eigenvalue weighted by molar-refractivity contribution is 0.0526. The number of carbonyl (C=O) groups is 1. The van der Waals surface area contributed by atoms with Gasteiger partial charge in [-0.15, -0.1) is 0 Å². The summed E-state index contributed by atoms with van der Waals surface area (Å²) >= 11 is 0. The molecule has 1 aromatic carbocycles. The summed E-state index contributed by atoms with van der Waals surface area (Å²) in [6.07, 6.45) is 5.27. The first-order valence-electron chi connectivity index (χ1n) is 7.99. The van der Waals surface area contributed by atoms with Gasteiger partial charge in [0, 0.05) is 13.1 Å². The maximum atomic E-state index is 11.9. The normalized spacial score (nSPS) is 17.6. The number of nitrogens with zero attached hydrogens (tertiary/aromatic N) is 1. The Labute approximate surface area is 126 Å². The molecule has 2 aliphatic rings. The van der Waals surface area contributed by atoms with Crippen LogP contribution in [0.25, 0.3) is 0 Å². The molecule has 4 heteroatoms. The first kappa shape index (κ1) is 14.2. The van der Waals surface area contributed by atoms with Crippen molar-refractivity contribution in [2.24, 2.45) is 11.8 Å². The highest BCUT2D eigenvalue weighted by Crippen LogP contribution is 2.37. The van der Waals surface area contributed by atoms with E-state index >= 15 is 0 Å². The summed E-state index contributed by atoms with van der Waals surface area (Å²) in [7, 11) is 0. The molecule has 2 aliphatic carbocycles. The third-order valence-electron chi connectivity index (χ3n) is 4.23. The van der Waals surface area contributed by atoms with E-state index in [1.165, 1.54) is 25.7 Å². The predicted octanol–water partition coefficient (Wildman–Crippen LogP) is 3.07. The molecular formula is C17H24N2O2. The lowest BCUT2D eigenvalue weighted by Gasteiger charge is -2.26. The van der Waals surface area contributed by atoms with E-state index in [2.05, 4.69) is 4.90 Å². The molecule has 1 aromatic rings. The van der Waals surface area contributed by atoms with E-state index in [4.69, 9.17) is 10.5 Å². The molecule has 0 spiro atoms. The largest absolute Gasteiger partial charge is 0.462 e. The van der Waals surface area contributed by atoms with E-state index in [1.807, 2.05) is 19.1 Å². The highest BCUT2D eigenvalue weighted by atomic mass is 16.5. The second kappa shape index (κ2) is 5.96. The molecule has 0 aliphatic heterocycles. The number of hydrogen-bond acceptors (Lipinski definition) is 4. The van der Waals surface area contributed by atoms with Gasteiger partial charge in [-0.25, -0.2) is 4.79 Å². The number of hydrogen-bond donors (Lipinski definition) is 1. The van der Waals surface area contributed by atoms with Crippen LogP contribution in [0, 0.1) is 11.8 Å². The lowest BCUT2D eigenvalue weighted by atomic mass is 10.1. The van der Waals surface area contributed by atoms with Gasteiger partial charge in [0.1, 0.15) is 0 Å². The van der Waals surface area contributed by atoms with Gasteiger partial charge in [0.15, 0.2) is 0 Å². The molecule has 4 nitrogen and oxygen atoms in total. The first-order valence-corrected chi connectivity index (χ1v) is 7.99. The fourth-order valence-corrected chi connectivity index (χ4v) is 2.65. The van der Waals surface area contributed by atoms with Crippen LogP contribution in [0.1, 0.15) is 43.0 Å². The number of benzene rings is 1. The van der Waals surface area contributed by atoms with Crippen molar-refractivity contribution >= 4 is 17.3 Å². The SMILES string of the molecule is CCOC(=O)c1ccc(N)c(N(CC2CC2)CC2CC2)c1. The molecule has 2 fully saturated rings. The van der Waals surface area contributed by atoms with E-state index in [-0.39, 0.29) is 5.97 Å². The lowest BCUT2D eigenvalue weighted by Crippen LogP contribution is -2.29. The third-order valence-corrected chi connectivity index (χ3v) is 4.23. The fourth-order valence-electron chi connectivity index (χ4n) is 2.65. The van der Waals surface area contributed by atoms with Gasteiger partial charge in [0.25, 0.3) is 0 Å². The quantitative estimate of drug-likeness (QED) is 0.619.